The molecule has 2 aromatic rings. The van der Waals surface area contributed by atoms with Gasteiger partial charge in [-0.3, -0.25) is 0 Å². The van der Waals surface area contributed by atoms with Crippen LogP contribution in [0.4, 0.5) is 0 Å². The third-order valence-corrected chi connectivity index (χ3v) is 2.80. The van der Waals surface area contributed by atoms with E-state index in [1.165, 1.54) is 11.1 Å². The molecule has 2 heteroatoms. The molecule has 2 N–H and O–H groups in total. The van der Waals surface area contributed by atoms with Crippen molar-refractivity contribution < 1.29 is 0 Å². The van der Waals surface area contributed by atoms with Gasteiger partial charge in [0.25, 0.3) is 0 Å². The molecular weight excluding hydrogens is 196 g/mol. The van der Waals surface area contributed by atoms with Gasteiger partial charge >= 0.3 is 0 Å². The Kier molecular flexibility index (Phi) is 3.42. The van der Waals surface area contributed by atoms with Crippen LogP contribution in [0.25, 0.3) is 0 Å². The standard InChI is InChI=1S/C14H18N2/c1-12(15)14-8-10-16(11-14)9-7-13-5-3-2-4-6-13/h2-6,8,10-12H,7,9,15H2,1H3. The van der Waals surface area contributed by atoms with Crippen molar-refractivity contribution in [3.63, 3.8) is 0 Å². The minimum atomic E-state index is 0.123. The zero-order valence-corrected chi connectivity index (χ0v) is 9.63. The molecule has 1 aromatic heterocycles. The summed E-state index contributed by atoms with van der Waals surface area (Å²) in [6.07, 6.45) is 5.29. The van der Waals surface area contributed by atoms with E-state index in [0.29, 0.717) is 0 Å². The number of rotatable bonds is 4. The molecular formula is C14H18N2. The second-order valence-corrected chi connectivity index (χ2v) is 4.21. The molecule has 0 bridgehead atoms. The maximum absolute atomic E-state index is 5.82. The lowest BCUT2D eigenvalue weighted by Gasteiger charge is -2.04. The van der Waals surface area contributed by atoms with Gasteiger partial charge in [0.15, 0.2) is 0 Å². The molecule has 2 nitrogen and oxygen atoms in total. The van der Waals surface area contributed by atoms with Crippen LogP contribution in [0.1, 0.15) is 24.1 Å². The van der Waals surface area contributed by atoms with E-state index in [1.807, 2.05) is 13.0 Å². The Bertz CT molecular complexity index is 429. The summed E-state index contributed by atoms with van der Waals surface area (Å²) < 4.78 is 2.20. The number of aromatic nitrogens is 1. The predicted molar refractivity (Wildman–Crippen MR) is 67.2 cm³/mol. The number of aryl methyl sites for hydroxylation is 2. The highest BCUT2D eigenvalue weighted by atomic mass is 14.9. The molecule has 0 radical (unpaired) electrons. The Morgan fingerprint density at radius 2 is 1.94 bits per heavy atom. The van der Waals surface area contributed by atoms with E-state index in [-0.39, 0.29) is 6.04 Å². The van der Waals surface area contributed by atoms with Crippen molar-refractivity contribution in [2.45, 2.75) is 25.9 Å². The van der Waals surface area contributed by atoms with E-state index in [9.17, 15) is 0 Å². The van der Waals surface area contributed by atoms with E-state index >= 15 is 0 Å². The van der Waals surface area contributed by atoms with Crippen molar-refractivity contribution in [1.82, 2.24) is 4.57 Å². The second kappa shape index (κ2) is 4.99. The van der Waals surface area contributed by atoms with E-state index in [1.54, 1.807) is 0 Å². The average Bonchev–Trinajstić information content (AvgIpc) is 2.76. The van der Waals surface area contributed by atoms with E-state index in [0.717, 1.165) is 13.0 Å². The van der Waals surface area contributed by atoms with Gasteiger partial charge in [-0.25, -0.2) is 0 Å². The normalized spacial score (nSPS) is 12.6. The molecule has 0 spiro atoms. The molecule has 1 atom stereocenters. The Hall–Kier alpha value is -1.54. The fourth-order valence-corrected chi connectivity index (χ4v) is 1.77. The van der Waals surface area contributed by atoms with Gasteiger partial charge in [0.1, 0.15) is 0 Å². The smallest absolute Gasteiger partial charge is 0.0281 e. The number of nitrogens with two attached hydrogens (primary N) is 1. The maximum Gasteiger partial charge on any atom is 0.0281 e. The first-order valence-corrected chi connectivity index (χ1v) is 5.71. The molecule has 16 heavy (non-hydrogen) atoms. The van der Waals surface area contributed by atoms with Crippen molar-refractivity contribution in [2.24, 2.45) is 5.73 Å². The third kappa shape index (κ3) is 2.74. The molecule has 0 saturated heterocycles. The van der Waals surface area contributed by atoms with Crippen LogP contribution in [-0.2, 0) is 13.0 Å². The van der Waals surface area contributed by atoms with Crippen LogP contribution in [0.15, 0.2) is 48.8 Å². The fraction of sp³-hybridized carbons (Fsp3) is 0.286. The van der Waals surface area contributed by atoms with Gasteiger partial charge in [-0.15, -0.1) is 0 Å². The zero-order chi connectivity index (χ0) is 11.4. The molecule has 0 aliphatic rings. The number of hydrogen-bond donors (Lipinski definition) is 1. The molecule has 1 aromatic carbocycles. The first kappa shape index (κ1) is 11.0. The summed E-state index contributed by atoms with van der Waals surface area (Å²) in [5.41, 5.74) is 8.40. The Morgan fingerprint density at radius 1 is 1.19 bits per heavy atom. The van der Waals surface area contributed by atoms with Crippen LogP contribution in [-0.4, -0.2) is 4.57 Å². The minimum absolute atomic E-state index is 0.123. The largest absolute Gasteiger partial charge is 0.354 e. The van der Waals surface area contributed by atoms with Crippen LogP contribution >= 0.6 is 0 Å². The topological polar surface area (TPSA) is 30.9 Å². The first-order valence-electron chi connectivity index (χ1n) is 5.71. The Balaban J connectivity index is 1.95. The van der Waals surface area contributed by atoms with Gasteiger partial charge in [0.2, 0.25) is 0 Å². The monoisotopic (exact) mass is 214 g/mol. The van der Waals surface area contributed by atoms with E-state index in [4.69, 9.17) is 5.73 Å². The third-order valence-electron chi connectivity index (χ3n) is 2.80. The minimum Gasteiger partial charge on any atom is -0.354 e. The van der Waals surface area contributed by atoms with Gasteiger partial charge in [0.05, 0.1) is 0 Å². The summed E-state index contributed by atoms with van der Waals surface area (Å²) in [4.78, 5) is 0. The second-order valence-electron chi connectivity index (χ2n) is 4.21. The van der Waals surface area contributed by atoms with Crippen molar-refractivity contribution in [1.29, 1.82) is 0 Å². The molecule has 0 saturated carbocycles. The van der Waals surface area contributed by atoms with E-state index in [2.05, 4.69) is 47.3 Å². The lowest BCUT2D eigenvalue weighted by Crippen LogP contribution is -2.04. The zero-order valence-electron chi connectivity index (χ0n) is 9.63. The molecule has 1 unspecified atom stereocenters. The molecule has 84 valence electrons. The molecule has 0 amide bonds. The summed E-state index contributed by atoms with van der Waals surface area (Å²) in [5.74, 6) is 0. The molecule has 0 aliphatic carbocycles. The van der Waals surface area contributed by atoms with Crippen LogP contribution < -0.4 is 5.73 Å². The van der Waals surface area contributed by atoms with Gasteiger partial charge in [0, 0.05) is 25.0 Å². The Labute approximate surface area is 96.7 Å². The van der Waals surface area contributed by atoms with Gasteiger partial charge in [-0.2, -0.15) is 0 Å². The van der Waals surface area contributed by atoms with Crippen LogP contribution in [0.2, 0.25) is 0 Å². The van der Waals surface area contributed by atoms with Crippen LogP contribution in [0.3, 0.4) is 0 Å². The summed E-state index contributed by atoms with van der Waals surface area (Å²) in [6, 6.07) is 12.8. The lowest BCUT2D eigenvalue weighted by atomic mass is 10.1. The summed E-state index contributed by atoms with van der Waals surface area (Å²) >= 11 is 0. The van der Waals surface area contributed by atoms with Crippen molar-refractivity contribution in [3.05, 3.63) is 59.9 Å². The van der Waals surface area contributed by atoms with Crippen molar-refractivity contribution >= 4 is 0 Å². The van der Waals surface area contributed by atoms with Gasteiger partial charge in [-0.05, 0) is 30.5 Å². The van der Waals surface area contributed by atoms with Crippen LogP contribution in [0, 0.1) is 0 Å². The van der Waals surface area contributed by atoms with Gasteiger partial charge in [-0.1, -0.05) is 30.3 Å². The fourth-order valence-electron chi connectivity index (χ4n) is 1.77. The first-order chi connectivity index (χ1) is 7.75. The summed E-state index contributed by atoms with van der Waals surface area (Å²) in [5, 5.41) is 0. The van der Waals surface area contributed by atoms with Crippen molar-refractivity contribution in [2.75, 3.05) is 0 Å². The summed E-state index contributed by atoms with van der Waals surface area (Å²) in [6.45, 7) is 3.02. The highest BCUT2D eigenvalue weighted by Gasteiger charge is 2.01. The molecule has 0 fully saturated rings. The molecule has 2 rings (SSSR count). The van der Waals surface area contributed by atoms with Crippen molar-refractivity contribution in [3.8, 4) is 0 Å². The van der Waals surface area contributed by atoms with Crippen LogP contribution in [0.5, 0.6) is 0 Å². The molecule has 0 aliphatic heterocycles. The highest BCUT2D eigenvalue weighted by Crippen LogP contribution is 2.10. The highest BCUT2D eigenvalue weighted by molar-refractivity contribution is 5.16. The Morgan fingerprint density at radius 3 is 2.56 bits per heavy atom. The maximum atomic E-state index is 5.82. The lowest BCUT2D eigenvalue weighted by molar-refractivity contribution is 0.694. The quantitative estimate of drug-likeness (QED) is 0.833. The number of nitrogens with zero attached hydrogens (tertiary/aromatic N) is 1. The van der Waals surface area contributed by atoms with Gasteiger partial charge < -0.3 is 10.3 Å². The van der Waals surface area contributed by atoms with E-state index < -0.39 is 0 Å². The average molecular weight is 214 g/mol. The predicted octanol–water partition coefficient (Wildman–Crippen LogP) is 2.75. The molecule has 1 heterocycles. The number of hydrogen-bond acceptors (Lipinski definition) is 1. The number of benzene rings is 1. The summed E-state index contributed by atoms with van der Waals surface area (Å²) in [7, 11) is 0. The SMILES string of the molecule is CC(N)c1ccn(CCc2ccccc2)c1.